The van der Waals surface area contributed by atoms with Crippen LogP contribution in [0.25, 0.3) is 10.9 Å². The van der Waals surface area contributed by atoms with Gasteiger partial charge < -0.3 is 9.64 Å². The Labute approximate surface area is 151 Å². The van der Waals surface area contributed by atoms with E-state index in [0.29, 0.717) is 35.8 Å². The molecule has 0 spiro atoms. The molecule has 2 aromatic rings. The second kappa shape index (κ2) is 7.97. The summed E-state index contributed by atoms with van der Waals surface area (Å²) in [5, 5.41) is 1.11. The lowest BCUT2D eigenvalue weighted by molar-refractivity contribution is -0.144. The maximum absolute atomic E-state index is 14.9. The Morgan fingerprint density at radius 2 is 2.12 bits per heavy atom. The number of fused-ring (bicyclic) bond motifs is 1. The van der Waals surface area contributed by atoms with E-state index in [-0.39, 0.29) is 23.8 Å². The van der Waals surface area contributed by atoms with Gasteiger partial charge in [-0.25, -0.2) is 4.39 Å². The Balaban J connectivity index is 1.76. The Morgan fingerprint density at radius 1 is 1.28 bits per heavy atom. The average molecular weight is 366 g/mol. The highest BCUT2D eigenvalue weighted by Gasteiger charge is 2.21. The maximum atomic E-state index is 14.9. The fourth-order valence-electron chi connectivity index (χ4n) is 3.14. The predicted octanol–water partition coefficient (Wildman–Crippen LogP) is 3.10. The fourth-order valence-corrected chi connectivity index (χ4v) is 3.35. The number of anilines is 1. The zero-order valence-electron chi connectivity index (χ0n) is 14.2. The first-order valence-electron chi connectivity index (χ1n) is 8.45. The van der Waals surface area contributed by atoms with Crippen LogP contribution in [0, 0.1) is 5.82 Å². The minimum absolute atomic E-state index is 0.216. The topological polar surface area (TPSA) is 45.7 Å². The summed E-state index contributed by atoms with van der Waals surface area (Å²) in [5.74, 6) is -0.564. The third-order valence-electron chi connectivity index (χ3n) is 4.36. The third-order valence-corrected chi connectivity index (χ3v) is 4.69. The van der Waals surface area contributed by atoms with Crippen molar-refractivity contribution in [1.82, 2.24) is 9.88 Å². The van der Waals surface area contributed by atoms with Gasteiger partial charge in [0.25, 0.3) is 0 Å². The van der Waals surface area contributed by atoms with Crippen LogP contribution in [0.3, 0.4) is 0 Å². The molecule has 7 heteroatoms. The van der Waals surface area contributed by atoms with Crippen molar-refractivity contribution in [1.29, 1.82) is 0 Å². The number of hydrogen-bond acceptors (Lipinski definition) is 5. The van der Waals surface area contributed by atoms with E-state index in [2.05, 4.69) is 4.98 Å². The van der Waals surface area contributed by atoms with Crippen molar-refractivity contribution in [3.05, 3.63) is 35.2 Å². The molecule has 1 saturated heterocycles. The van der Waals surface area contributed by atoms with E-state index in [0.717, 1.165) is 19.5 Å². The maximum Gasteiger partial charge on any atom is 0.320 e. The lowest BCUT2D eigenvalue weighted by atomic mass is 10.1. The smallest absolute Gasteiger partial charge is 0.320 e. The van der Waals surface area contributed by atoms with Crippen LogP contribution in [0.4, 0.5) is 10.1 Å². The van der Waals surface area contributed by atoms with Crippen LogP contribution in [0.2, 0.25) is 5.02 Å². The number of aromatic nitrogens is 1. The summed E-state index contributed by atoms with van der Waals surface area (Å²) in [4.78, 5) is 19.8. The largest absolute Gasteiger partial charge is 0.465 e. The molecule has 2 heterocycles. The molecular formula is C18H21ClFN3O2. The molecule has 0 radical (unpaired) electrons. The van der Waals surface area contributed by atoms with Crippen molar-refractivity contribution in [2.75, 3.05) is 44.2 Å². The summed E-state index contributed by atoms with van der Waals surface area (Å²) < 4.78 is 19.9. The van der Waals surface area contributed by atoms with Crippen LogP contribution >= 0.6 is 11.6 Å². The van der Waals surface area contributed by atoms with Gasteiger partial charge in [0.2, 0.25) is 0 Å². The van der Waals surface area contributed by atoms with Crippen molar-refractivity contribution in [3.8, 4) is 0 Å². The average Bonchev–Trinajstić information content (AvgIpc) is 2.82. The molecule has 0 N–H and O–H groups in total. The van der Waals surface area contributed by atoms with E-state index in [4.69, 9.17) is 16.3 Å². The highest BCUT2D eigenvalue weighted by atomic mass is 35.5. The number of nitrogens with zero attached hydrogens (tertiary/aromatic N) is 3. The van der Waals surface area contributed by atoms with E-state index >= 15 is 0 Å². The highest BCUT2D eigenvalue weighted by Crippen LogP contribution is 2.30. The molecule has 0 atom stereocenters. The number of carbonyl (C=O) groups is 1. The molecule has 0 saturated carbocycles. The van der Waals surface area contributed by atoms with Crippen molar-refractivity contribution in [2.45, 2.75) is 13.3 Å². The summed E-state index contributed by atoms with van der Waals surface area (Å²) in [5.41, 5.74) is 0.817. The molecule has 0 aliphatic carbocycles. The fraction of sp³-hybridized carbons (Fsp3) is 0.444. The van der Waals surface area contributed by atoms with Gasteiger partial charge in [0.15, 0.2) is 5.82 Å². The monoisotopic (exact) mass is 365 g/mol. The Hall–Kier alpha value is -1.92. The first-order chi connectivity index (χ1) is 12.1. The number of esters is 1. The first kappa shape index (κ1) is 17.9. The Kier molecular flexibility index (Phi) is 5.71. The third kappa shape index (κ3) is 4.02. The van der Waals surface area contributed by atoms with Crippen LogP contribution in [0.15, 0.2) is 24.4 Å². The molecule has 3 rings (SSSR count). The number of benzene rings is 1. The molecule has 0 bridgehead atoms. The van der Waals surface area contributed by atoms with Crippen molar-refractivity contribution in [3.63, 3.8) is 0 Å². The van der Waals surface area contributed by atoms with E-state index in [1.807, 2.05) is 15.9 Å². The number of ether oxygens (including phenoxy) is 1. The van der Waals surface area contributed by atoms with Gasteiger partial charge in [-0.2, -0.15) is 0 Å². The molecule has 0 unspecified atom stereocenters. The molecule has 5 nitrogen and oxygen atoms in total. The van der Waals surface area contributed by atoms with E-state index in [1.54, 1.807) is 19.1 Å². The van der Waals surface area contributed by atoms with Crippen LogP contribution in [0.1, 0.15) is 13.3 Å². The molecule has 1 aromatic heterocycles. The van der Waals surface area contributed by atoms with Gasteiger partial charge in [-0.1, -0.05) is 11.6 Å². The van der Waals surface area contributed by atoms with Gasteiger partial charge >= 0.3 is 5.97 Å². The molecule has 25 heavy (non-hydrogen) atoms. The SMILES string of the molecule is CCOC(=O)CN1CCCN(c2ccc3c(Cl)ccnc3c2F)CC1. The summed E-state index contributed by atoms with van der Waals surface area (Å²) in [6, 6.07) is 5.22. The first-order valence-corrected chi connectivity index (χ1v) is 8.83. The molecule has 0 amide bonds. The molecule has 1 aliphatic rings. The second-order valence-corrected chi connectivity index (χ2v) is 6.42. The van der Waals surface area contributed by atoms with Gasteiger partial charge in [-0.15, -0.1) is 0 Å². The van der Waals surface area contributed by atoms with Gasteiger partial charge in [-0.05, 0) is 31.5 Å². The number of hydrogen-bond donors (Lipinski definition) is 0. The predicted molar refractivity (Wildman–Crippen MR) is 96.6 cm³/mol. The van der Waals surface area contributed by atoms with Crippen LogP contribution < -0.4 is 4.90 Å². The van der Waals surface area contributed by atoms with Crippen molar-refractivity contribution in [2.24, 2.45) is 0 Å². The summed E-state index contributed by atoms with van der Waals surface area (Å²) in [6.45, 7) is 5.29. The van der Waals surface area contributed by atoms with Crippen molar-refractivity contribution >= 4 is 34.2 Å². The summed E-state index contributed by atoms with van der Waals surface area (Å²) >= 11 is 6.12. The molecule has 1 aliphatic heterocycles. The number of rotatable bonds is 4. The van der Waals surface area contributed by atoms with Gasteiger partial charge in [0.1, 0.15) is 5.52 Å². The van der Waals surface area contributed by atoms with Crippen molar-refractivity contribution < 1.29 is 13.9 Å². The Bertz CT molecular complexity index is 771. The van der Waals surface area contributed by atoms with Crippen LogP contribution in [-0.2, 0) is 9.53 Å². The Morgan fingerprint density at radius 3 is 2.92 bits per heavy atom. The molecular weight excluding hydrogens is 345 g/mol. The highest BCUT2D eigenvalue weighted by molar-refractivity contribution is 6.35. The van der Waals surface area contributed by atoms with Gasteiger partial charge in [0, 0.05) is 37.8 Å². The zero-order valence-corrected chi connectivity index (χ0v) is 14.9. The molecule has 1 aromatic carbocycles. The van der Waals surface area contributed by atoms with Gasteiger partial charge in [-0.3, -0.25) is 14.7 Å². The summed E-state index contributed by atoms with van der Waals surface area (Å²) in [7, 11) is 0. The number of halogens is 2. The molecule has 1 fully saturated rings. The van der Waals surface area contributed by atoms with E-state index < -0.39 is 0 Å². The van der Waals surface area contributed by atoms with Crippen LogP contribution in [0.5, 0.6) is 0 Å². The number of pyridine rings is 1. The second-order valence-electron chi connectivity index (χ2n) is 6.01. The molecule has 134 valence electrons. The van der Waals surface area contributed by atoms with E-state index in [1.165, 1.54) is 6.20 Å². The normalized spacial score (nSPS) is 16.0. The zero-order chi connectivity index (χ0) is 17.8. The minimum atomic E-state index is -0.348. The lowest BCUT2D eigenvalue weighted by Gasteiger charge is -2.24. The quantitative estimate of drug-likeness (QED) is 0.779. The summed E-state index contributed by atoms with van der Waals surface area (Å²) in [6.07, 6.45) is 2.36. The number of carbonyl (C=O) groups excluding carboxylic acids is 1. The standard InChI is InChI=1S/C18H21ClFN3O2/c1-2-25-16(24)12-22-8-3-9-23(11-10-22)15-5-4-13-14(19)6-7-21-18(13)17(15)20/h4-7H,2-3,8-12H2,1H3. The van der Waals surface area contributed by atoms with E-state index in [9.17, 15) is 9.18 Å². The van der Waals surface area contributed by atoms with Crippen LogP contribution in [-0.4, -0.2) is 55.2 Å². The van der Waals surface area contributed by atoms with Gasteiger partial charge in [0.05, 0.1) is 23.9 Å². The lowest BCUT2D eigenvalue weighted by Crippen LogP contribution is -2.35. The minimum Gasteiger partial charge on any atom is -0.465 e.